The number of hydrogen-bond donors (Lipinski definition) is 0. The molecule has 5 heteroatoms. The summed E-state index contributed by atoms with van der Waals surface area (Å²) in [5.41, 5.74) is 19.0. The highest BCUT2D eigenvalue weighted by molar-refractivity contribution is 6.13. The summed E-state index contributed by atoms with van der Waals surface area (Å²) in [5, 5.41) is 2.15. The average Bonchev–Trinajstić information content (AvgIpc) is 3.74. The van der Waals surface area contributed by atoms with Crippen LogP contribution in [-0.2, 0) is 25.7 Å². The van der Waals surface area contributed by atoms with Crippen molar-refractivity contribution in [1.82, 2.24) is 24.3 Å². The van der Waals surface area contributed by atoms with Crippen molar-refractivity contribution in [2.45, 2.75) is 25.7 Å². The van der Waals surface area contributed by atoms with Crippen LogP contribution in [0.25, 0.3) is 83.3 Å². The molecule has 0 atom stereocenters. The first-order valence-corrected chi connectivity index (χ1v) is 21.0. The Balaban J connectivity index is 0.966. The molecule has 0 saturated carbocycles. The van der Waals surface area contributed by atoms with Crippen LogP contribution in [0.2, 0.25) is 0 Å². The van der Waals surface area contributed by atoms with Crippen molar-refractivity contribution in [1.29, 1.82) is 0 Å². The smallest absolute Gasteiger partial charge is 0.147 e. The summed E-state index contributed by atoms with van der Waals surface area (Å²) in [6.45, 7) is 0. The third-order valence-electron chi connectivity index (χ3n) is 11.9. The second kappa shape index (κ2) is 15.8. The van der Waals surface area contributed by atoms with Gasteiger partial charge in [0.15, 0.2) is 0 Å². The Kier molecular flexibility index (Phi) is 9.40. The van der Waals surface area contributed by atoms with Gasteiger partial charge in [0.1, 0.15) is 5.65 Å². The predicted octanol–water partition coefficient (Wildman–Crippen LogP) is 13.2. The second-order valence-electron chi connectivity index (χ2n) is 15.8. The van der Waals surface area contributed by atoms with E-state index in [9.17, 15) is 0 Å². The van der Waals surface area contributed by atoms with Crippen LogP contribution in [0.15, 0.2) is 201 Å². The molecule has 6 aromatic carbocycles. The fourth-order valence-electron chi connectivity index (χ4n) is 8.79. The van der Waals surface area contributed by atoms with Gasteiger partial charge >= 0.3 is 0 Å². The maximum atomic E-state index is 5.19. The molecule has 290 valence electrons. The molecule has 0 amide bonds. The maximum Gasteiger partial charge on any atom is 0.147 e. The lowest BCUT2D eigenvalue weighted by Gasteiger charge is -2.15. The van der Waals surface area contributed by atoms with Crippen LogP contribution >= 0.6 is 0 Å². The van der Waals surface area contributed by atoms with Crippen molar-refractivity contribution >= 4 is 38.5 Å². The van der Waals surface area contributed by atoms with Crippen molar-refractivity contribution in [3.8, 4) is 44.8 Å². The van der Waals surface area contributed by atoms with E-state index in [0.717, 1.165) is 97.8 Å². The van der Waals surface area contributed by atoms with Crippen LogP contribution in [0.1, 0.15) is 22.3 Å². The zero-order chi connectivity index (χ0) is 40.5. The number of pyridine rings is 4. The Labute approximate surface area is 354 Å². The van der Waals surface area contributed by atoms with Gasteiger partial charge in [-0.05, 0) is 101 Å². The fourth-order valence-corrected chi connectivity index (χ4v) is 8.79. The minimum atomic E-state index is 0.898. The number of fused-ring (bicyclic) bond motifs is 8. The highest BCUT2D eigenvalue weighted by atomic mass is 15.0. The van der Waals surface area contributed by atoms with Gasteiger partial charge in [0.05, 0.1) is 33.5 Å². The van der Waals surface area contributed by atoms with E-state index >= 15 is 0 Å². The number of imidazole rings is 1. The van der Waals surface area contributed by atoms with Crippen LogP contribution in [0, 0.1) is 0 Å². The molecule has 0 aliphatic rings. The molecule has 5 nitrogen and oxygen atoms in total. The molecule has 11 rings (SSSR count). The summed E-state index contributed by atoms with van der Waals surface area (Å²) < 4.78 is 2.29. The summed E-state index contributed by atoms with van der Waals surface area (Å²) >= 11 is 0. The first-order chi connectivity index (χ1) is 30.2. The molecule has 11 aromatic rings. The molecule has 0 aliphatic heterocycles. The van der Waals surface area contributed by atoms with Crippen LogP contribution in [-0.4, -0.2) is 24.3 Å². The molecular formula is C56H41N5. The monoisotopic (exact) mass is 783 g/mol. The normalized spacial score (nSPS) is 11.5. The van der Waals surface area contributed by atoms with E-state index in [0.29, 0.717) is 0 Å². The van der Waals surface area contributed by atoms with Gasteiger partial charge in [-0.2, -0.15) is 0 Å². The molecule has 5 heterocycles. The maximum absolute atomic E-state index is 5.19. The summed E-state index contributed by atoms with van der Waals surface area (Å²) in [4.78, 5) is 20.0. The standard InChI is InChI=1S/C56H41N5/c1-3-13-42(14-4-1)50-29-27-38(35-57-50)23-25-40-31-41(26-24-39-28-30-51(58-36-39)43-15-5-2-6-16-43)33-44(32-40)46-17-7-8-18-47(46)45-34-49-55(59-37-45)48-19-9-11-21-53(48)61-54-22-12-10-20-52(54)60-56(49)61/h1-22,27-37H,23-26H2. The molecule has 0 radical (unpaired) electrons. The summed E-state index contributed by atoms with van der Waals surface area (Å²) in [6, 6.07) is 64.5. The minimum absolute atomic E-state index is 0.898. The second-order valence-corrected chi connectivity index (χ2v) is 15.8. The molecule has 61 heavy (non-hydrogen) atoms. The molecule has 0 N–H and O–H groups in total. The van der Waals surface area contributed by atoms with E-state index in [1.54, 1.807) is 0 Å². The van der Waals surface area contributed by atoms with Crippen LogP contribution in [0.3, 0.4) is 0 Å². The number of benzene rings is 6. The zero-order valence-corrected chi connectivity index (χ0v) is 33.6. The first-order valence-electron chi connectivity index (χ1n) is 21.0. The van der Waals surface area contributed by atoms with Crippen molar-refractivity contribution < 1.29 is 0 Å². The number of rotatable bonds is 10. The number of nitrogens with zero attached hydrogens (tertiary/aromatic N) is 5. The van der Waals surface area contributed by atoms with E-state index < -0.39 is 0 Å². The molecular weight excluding hydrogens is 743 g/mol. The lowest BCUT2D eigenvalue weighted by atomic mass is 9.90. The lowest BCUT2D eigenvalue weighted by molar-refractivity contribution is 0.923. The fraction of sp³-hybridized carbons (Fsp3) is 0.0714. The van der Waals surface area contributed by atoms with E-state index in [1.165, 1.54) is 33.4 Å². The Morgan fingerprint density at radius 3 is 1.52 bits per heavy atom. The highest BCUT2D eigenvalue weighted by Gasteiger charge is 2.17. The van der Waals surface area contributed by atoms with Gasteiger partial charge in [0, 0.05) is 46.1 Å². The highest BCUT2D eigenvalue weighted by Crippen LogP contribution is 2.37. The Bertz CT molecular complexity index is 3230. The van der Waals surface area contributed by atoms with Gasteiger partial charge in [-0.3, -0.25) is 19.4 Å². The van der Waals surface area contributed by atoms with Crippen LogP contribution < -0.4 is 0 Å². The van der Waals surface area contributed by atoms with Crippen molar-refractivity contribution in [2.75, 3.05) is 0 Å². The van der Waals surface area contributed by atoms with E-state index in [2.05, 4.69) is 174 Å². The minimum Gasteiger partial charge on any atom is -0.292 e. The largest absolute Gasteiger partial charge is 0.292 e. The molecule has 0 bridgehead atoms. The summed E-state index contributed by atoms with van der Waals surface area (Å²) in [5.74, 6) is 0. The molecule has 0 fully saturated rings. The number of hydrogen-bond acceptors (Lipinski definition) is 4. The van der Waals surface area contributed by atoms with Crippen molar-refractivity contribution in [2.24, 2.45) is 0 Å². The van der Waals surface area contributed by atoms with Crippen LogP contribution in [0.4, 0.5) is 0 Å². The first kappa shape index (κ1) is 36.3. The van der Waals surface area contributed by atoms with Gasteiger partial charge in [0.2, 0.25) is 0 Å². The number of para-hydroxylation sites is 3. The lowest BCUT2D eigenvalue weighted by Crippen LogP contribution is -1.99. The molecule has 0 unspecified atom stereocenters. The van der Waals surface area contributed by atoms with Crippen molar-refractivity contribution in [3.05, 3.63) is 223 Å². The van der Waals surface area contributed by atoms with Crippen LogP contribution in [0.5, 0.6) is 0 Å². The van der Waals surface area contributed by atoms with Gasteiger partial charge in [-0.1, -0.05) is 146 Å². The summed E-state index contributed by atoms with van der Waals surface area (Å²) in [6.07, 6.45) is 9.70. The Morgan fingerprint density at radius 2 is 0.902 bits per heavy atom. The molecule has 0 spiro atoms. The predicted molar refractivity (Wildman–Crippen MR) is 251 cm³/mol. The van der Waals surface area contributed by atoms with Gasteiger partial charge < -0.3 is 0 Å². The quantitative estimate of drug-likeness (QED) is 0.130. The Morgan fingerprint density at radius 1 is 0.361 bits per heavy atom. The van der Waals surface area contributed by atoms with Crippen molar-refractivity contribution in [3.63, 3.8) is 0 Å². The SMILES string of the molecule is c1ccc(-c2ccc(CCc3cc(CCc4ccc(-c5ccccc5)nc4)cc(-c4ccccc4-c4cnc5c6ccccc6n6c7ccccc7nc6c5c4)c3)cn2)cc1. The Hall–Kier alpha value is -7.76. The van der Waals surface area contributed by atoms with E-state index in [4.69, 9.17) is 19.9 Å². The van der Waals surface area contributed by atoms with Gasteiger partial charge in [0.25, 0.3) is 0 Å². The number of aryl methyl sites for hydroxylation is 4. The van der Waals surface area contributed by atoms with Gasteiger partial charge in [-0.25, -0.2) is 4.98 Å². The zero-order valence-electron chi connectivity index (χ0n) is 33.6. The van der Waals surface area contributed by atoms with Gasteiger partial charge in [-0.15, -0.1) is 0 Å². The number of aromatic nitrogens is 5. The molecule has 5 aromatic heterocycles. The molecule has 0 aliphatic carbocycles. The average molecular weight is 784 g/mol. The van der Waals surface area contributed by atoms with E-state index in [1.807, 2.05) is 30.7 Å². The third-order valence-corrected chi connectivity index (χ3v) is 11.9. The van der Waals surface area contributed by atoms with E-state index in [-0.39, 0.29) is 0 Å². The topological polar surface area (TPSA) is 56.0 Å². The third kappa shape index (κ3) is 7.10. The molecule has 0 saturated heterocycles. The summed E-state index contributed by atoms with van der Waals surface area (Å²) in [7, 11) is 0.